The fourth-order valence-electron chi connectivity index (χ4n) is 4.51. The molecule has 1 aromatic rings. The second-order valence-corrected chi connectivity index (χ2v) is 7.78. The molecule has 0 aromatic heterocycles. The van der Waals surface area contributed by atoms with Crippen molar-refractivity contribution in [3.8, 4) is 5.75 Å². The van der Waals surface area contributed by atoms with Crippen LogP contribution in [0.2, 0.25) is 5.02 Å². The van der Waals surface area contributed by atoms with Gasteiger partial charge in [-0.1, -0.05) is 18.0 Å². The Morgan fingerprint density at radius 2 is 2.00 bits per heavy atom. The summed E-state index contributed by atoms with van der Waals surface area (Å²) in [6.45, 7) is 0.514. The van der Waals surface area contributed by atoms with Crippen molar-refractivity contribution in [3.05, 3.63) is 28.8 Å². The minimum Gasteiger partial charge on any atom is -0.496 e. The van der Waals surface area contributed by atoms with Crippen molar-refractivity contribution in [3.63, 3.8) is 0 Å². The minimum absolute atomic E-state index is 0.107. The van der Waals surface area contributed by atoms with Gasteiger partial charge in [0.1, 0.15) is 5.75 Å². The van der Waals surface area contributed by atoms with Gasteiger partial charge >= 0.3 is 0 Å². The van der Waals surface area contributed by atoms with Crippen LogP contribution >= 0.6 is 11.6 Å². The first-order valence-electron chi connectivity index (χ1n) is 8.82. The molecule has 2 N–H and O–H groups in total. The van der Waals surface area contributed by atoms with Crippen LogP contribution in [0.15, 0.2) is 18.2 Å². The molecule has 2 bridgehead atoms. The van der Waals surface area contributed by atoms with Gasteiger partial charge in [-0.3, -0.25) is 4.79 Å². The normalized spacial score (nSPS) is 29.2. The van der Waals surface area contributed by atoms with E-state index in [1.54, 1.807) is 13.2 Å². The number of carbonyl (C=O) groups excluding carboxylic acids is 1. The van der Waals surface area contributed by atoms with Crippen molar-refractivity contribution < 1.29 is 9.53 Å². The van der Waals surface area contributed by atoms with Crippen molar-refractivity contribution in [2.75, 3.05) is 14.2 Å². The molecule has 132 valence electrons. The highest BCUT2D eigenvalue weighted by molar-refractivity contribution is 6.30. The Morgan fingerprint density at radius 1 is 1.33 bits per heavy atom. The maximum Gasteiger partial charge on any atom is 0.225 e. The summed E-state index contributed by atoms with van der Waals surface area (Å²) in [5, 5.41) is 0.657. The molecule has 1 amide bonds. The van der Waals surface area contributed by atoms with Gasteiger partial charge in [0.2, 0.25) is 5.91 Å². The third-order valence-corrected chi connectivity index (χ3v) is 6.02. The van der Waals surface area contributed by atoms with E-state index in [-0.39, 0.29) is 11.8 Å². The van der Waals surface area contributed by atoms with Gasteiger partial charge in [-0.15, -0.1) is 0 Å². The highest BCUT2D eigenvalue weighted by Gasteiger charge is 2.41. The molecular weight excluding hydrogens is 324 g/mol. The number of halogens is 1. The van der Waals surface area contributed by atoms with Crippen molar-refractivity contribution in [1.29, 1.82) is 0 Å². The zero-order chi connectivity index (χ0) is 17.3. The van der Waals surface area contributed by atoms with E-state index in [9.17, 15) is 4.79 Å². The molecule has 1 aromatic carbocycles. The molecule has 0 saturated heterocycles. The standard InChI is InChI=1S/C19H27ClN2O2/c1-22(11-15-10-16(20)6-7-17(15)24-2)19(23)14-8-12-4-3-5-13(9-14)18(12)21/h6-7,10,12-14,18H,3-5,8-9,11,21H2,1-2H3. The lowest BCUT2D eigenvalue weighted by Gasteiger charge is -2.44. The Kier molecular flexibility index (Phi) is 5.36. The van der Waals surface area contributed by atoms with Crippen LogP contribution in [0, 0.1) is 17.8 Å². The number of fused-ring (bicyclic) bond motifs is 2. The lowest BCUT2D eigenvalue weighted by molar-refractivity contribution is -0.137. The second-order valence-electron chi connectivity index (χ2n) is 7.35. The average Bonchev–Trinajstić information content (AvgIpc) is 2.54. The fourth-order valence-corrected chi connectivity index (χ4v) is 4.70. The number of ether oxygens (including phenoxy) is 1. The van der Waals surface area contributed by atoms with E-state index < -0.39 is 0 Å². The summed E-state index contributed by atoms with van der Waals surface area (Å²) >= 11 is 6.09. The van der Waals surface area contributed by atoms with Crippen LogP contribution in [0.3, 0.4) is 0 Å². The van der Waals surface area contributed by atoms with Crippen LogP contribution in [-0.4, -0.2) is 31.0 Å². The maximum atomic E-state index is 12.9. The predicted octanol–water partition coefficient (Wildman–Crippen LogP) is 3.46. The van der Waals surface area contributed by atoms with Crippen LogP contribution in [0.5, 0.6) is 5.75 Å². The topological polar surface area (TPSA) is 55.6 Å². The van der Waals surface area contributed by atoms with E-state index in [0.29, 0.717) is 29.4 Å². The van der Waals surface area contributed by atoms with E-state index in [2.05, 4.69) is 0 Å². The maximum absolute atomic E-state index is 12.9. The molecule has 24 heavy (non-hydrogen) atoms. The summed E-state index contributed by atoms with van der Waals surface area (Å²) in [4.78, 5) is 14.7. The Balaban J connectivity index is 1.68. The zero-order valence-corrected chi connectivity index (χ0v) is 15.3. The third-order valence-electron chi connectivity index (χ3n) is 5.79. The Hall–Kier alpha value is -1.26. The average molecular weight is 351 g/mol. The largest absolute Gasteiger partial charge is 0.496 e. The first kappa shape index (κ1) is 17.6. The number of benzene rings is 1. The van der Waals surface area contributed by atoms with E-state index >= 15 is 0 Å². The van der Waals surface area contributed by atoms with E-state index in [0.717, 1.165) is 24.2 Å². The number of nitrogens with zero attached hydrogens (tertiary/aromatic N) is 1. The molecule has 3 rings (SSSR count). The molecule has 0 aliphatic heterocycles. The summed E-state index contributed by atoms with van der Waals surface area (Å²) in [7, 11) is 3.51. The quantitative estimate of drug-likeness (QED) is 0.904. The lowest BCUT2D eigenvalue weighted by Crippen LogP contribution is -2.49. The van der Waals surface area contributed by atoms with E-state index in [1.165, 1.54) is 19.3 Å². The molecule has 5 heteroatoms. The van der Waals surface area contributed by atoms with E-state index in [1.807, 2.05) is 24.1 Å². The summed E-state index contributed by atoms with van der Waals surface area (Å²) in [6, 6.07) is 5.81. The number of hydrogen-bond donors (Lipinski definition) is 1. The molecule has 2 saturated carbocycles. The Morgan fingerprint density at radius 3 is 2.62 bits per heavy atom. The number of rotatable bonds is 4. The number of nitrogens with two attached hydrogens (primary N) is 1. The number of carbonyl (C=O) groups is 1. The Labute approximate surface area is 149 Å². The minimum atomic E-state index is 0.107. The lowest BCUT2D eigenvalue weighted by atomic mass is 9.65. The molecule has 2 aliphatic carbocycles. The summed E-state index contributed by atoms with van der Waals surface area (Å²) < 4.78 is 5.39. The van der Waals surface area contributed by atoms with Crippen molar-refractivity contribution in [2.45, 2.75) is 44.7 Å². The highest BCUT2D eigenvalue weighted by Crippen LogP contribution is 2.42. The van der Waals surface area contributed by atoms with Gasteiger partial charge in [-0.25, -0.2) is 0 Å². The second kappa shape index (κ2) is 7.32. The molecule has 2 fully saturated rings. The summed E-state index contributed by atoms with van der Waals surface area (Å²) in [5.41, 5.74) is 7.28. The molecule has 2 atom stereocenters. The van der Waals surface area contributed by atoms with Crippen LogP contribution < -0.4 is 10.5 Å². The SMILES string of the molecule is COc1ccc(Cl)cc1CN(C)C(=O)C1CC2CCCC(C1)C2N. The monoisotopic (exact) mass is 350 g/mol. The van der Waals surface area contributed by atoms with Gasteiger partial charge in [0.05, 0.1) is 7.11 Å². The van der Waals surface area contributed by atoms with Gasteiger partial charge in [0.25, 0.3) is 0 Å². The van der Waals surface area contributed by atoms with Gasteiger partial charge in [0.15, 0.2) is 0 Å². The molecule has 0 heterocycles. The number of hydrogen-bond acceptors (Lipinski definition) is 3. The van der Waals surface area contributed by atoms with Crippen molar-refractivity contribution in [1.82, 2.24) is 4.90 Å². The van der Waals surface area contributed by atoms with Crippen molar-refractivity contribution in [2.24, 2.45) is 23.5 Å². The molecular formula is C19H27ClN2O2. The van der Waals surface area contributed by atoms with Crippen LogP contribution in [0.25, 0.3) is 0 Å². The fraction of sp³-hybridized carbons (Fsp3) is 0.632. The number of methoxy groups -OCH3 is 1. The number of amides is 1. The van der Waals surface area contributed by atoms with Crippen LogP contribution in [0.1, 0.15) is 37.7 Å². The molecule has 2 aliphatic rings. The molecule has 0 spiro atoms. The highest BCUT2D eigenvalue weighted by atomic mass is 35.5. The van der Waals surface area contributed by atoms with E-state index in [4.69, 9.17) is 22.1 Å². The Bertz CT molecular complexity index is 593. The first-order chi connectivity index (χ1) is 11.5. The zero-order valence-electron chi connectivity index (χ0n) is 14.5. The van der Waals surface area contributed by atoms with Crippen molar-refractivity contribution >= 4 is 17.5 Å². The molecule has 4 nitrogen and oxygen atoms in total. The van der Waals surface area contributed by atoms with Gasteiger partial charge in [0, 0.05) is 36.1 Å². The first-order valence-corrected chi connectivity index (χ1v) is 9.20. The van der Waals surface area contributed by atoms with Gasteiger partial charge < -0.3 is 15.4 Å². The smallest absolute Gasteiger partial charge is 0.225 e. The van der Waals surface area contributed by atoms with Crippen LogP contribution in [0.4, 0.5) is 0 Å². The van der Waals surface area contributed by atoms with Crippen LogP contribution in [-0.2, 0) is 11.3 Å². The summed E-state index contributed by atoms with van der Waals surface area (Å²) in [6.07, 6.45) is 5.49. The van der Waals surface area contributed by atoms with Gasteiger partial charge in [-0.2, -0.15) is 0 Å². The summed E-state index contributed by atoms with van der Waals surface area (Å²) in [5.74, 6) is 2.12. The molecule has 0 radical (unpaired) electrons. The van der Waals surface area contributed by atoms with Gasteiger partial charge in [-0.05, 0) is 55.7 Å². The molecule has 2 unspecified atom stereocenters. The third kappa shape index (κ3) is 3.55. The predicted molar refractivity (Wildman–Crippen MR) is 96.0 cm³/mol.